The highest BCUT2D eigenvalue weighted by Gasteiger charge is 2.47. The summed E-state index contributed by atoms with van der Waals surface area (Å²) in [6.45, 7) is 0. The van der Waals surface area contributed by atoms with Crippen molar-refractivity contribution < 1.29 is 9.90 Å². The number of carboxylic acids is 1. The van der Waals surface area contributed by atoms with Gasteiger partial charge < -0.3 is 5.11 Å². The molecule has 4 rings (SSSR count). The summed E-state index contributed by atoms with van der Waals surface area (Å²) in [6.07, 6.45) is 11.1. The first-order chi connectivity index (χ1) is 10.7. The Labute approximate surface area is 132 Å². The fraction of sp³-hybridized carbons (Fsp3) is 0.650. The van der Waals surface area contributed by atoms with Crippen LogP contribution in [0.15, 0.2) is 24.3 Å². The highest BCUT2D eigenvalue weighted by Crippen LogP contribution is 2.58. The van der Waals surface area contributed by atoms with Crippen molar-refractivity contribution in [2.45, 2.75) is 63.7 Å². The van der Waals surface area contributed by atoms with Crippen LogP contribution in [-0.2, 0) is 11.2 Å². The van der Waals surface area contributed by atoms with Crippen molar-refractivity contribution in [2.75, 3.05) is 0 Å². The van der Waals surface area contributed by atoms with Gasteiger partial charge >= 0.3 is 5.97 Å². The minimum atomic E-state index is -0.577. The Hall–Kier alpha value is -1.31. The molecule has 0 saturated heterocycles. The lowest BCUT2D eigenvalue weighted by Crippen LogP contribution is -2.32. The van der Waals surface area contributed by atoms with Gasteiger partial charge in [0.15, 0.2) is 0 Å². The average molecular weight is 298 g/mol. The minimum absolute atomic E-state index is 0.170. The molecule has 22 heavy (non-hydrogen) atoms. The monoisotopic (exact) mass is 298 g/mol. The molecule has 1 aromatic rings. The molecule has 1 aromatic carbocycles. The Morgan fingerprint density at radius 2 is 1.86 bits per heavy atom. The fourth-order valence-corrected chi connectivity index (χ4v) is 5.79. The van der Waals surface area contributed by atoms with Crippen molar-refractivity contribution in [1.29, 1.82) is 0 Å². The molecule has 2 fully saturated rings. The van der Waals surface area contributed by atoms with Gasteiger partial charge in [-0.1, -0.05) is 37.1 Å². The van der Waals surface area contributed by atoms with Crippen LogP contribution in [0.25, 0.3) is 0 Å². The third kappa shape index (κ3) is 2.28. The molecule has 1 N–H and O–H groups in total. The van der Waals surface area contributed by atoms with E-state index in [0.29, 0.717) is 11.3 Å². The standard InChI is InChI=1S/C20H26O2/c21-19(22)17-8-7-14-5-1-2-6-16(14)18(17)15-9-12-20(13-15)10-3-4-11-20/h1-2,5-6,15,17-18H,3-4,7-13H2,(H,21,22). The molecule has 0 heterocycles. The summed E-state index contributed by atoms with van der Waals surface area (Å²) >= 11 is 0. The van der Waals surface area contributed by atoms with Gasteiger partial charge in [-0.25, -0.2) is 0 Å². The van der Waals surface area contributed by atoms with Gasteiger partial charge in [0.25, 0.3) is 0 Å². The molecule has 2 saturated carbocycles. The van der Waals surface area contributed by atoms with Gasteiger partial charge in [0, 0.05) is 5.92 Å². The second-order valence-electron chi connectivity index (χ2n) is 7.92. The molecule has 1 spiro atoms. The number of carbonyl (C=O) groups is 1. The molecule has 0 aliphatic heterocycles. The number of aryl methyl sites for hydroxylation is 1. The summed E-state index contributed by atoms with van der Waals surface area (Å²) < 4.78 is 0. The lowest BCUT2D eigenvalue weighted by Gasteiger charge is -2.36. The van der Waals surface area contributed by atoms with Crippen LogP contribution >= 0.6 is 0 Å². The van der Waals surface area contributed by atoms with Crippen LogP contribution in [-0.4, -0.2) is 11.1 Å². The normalized spacial score (nSPS) is 33.0. The molecule has 3 aliphatic carbocycles. The van der Waals surface area contributed by atoms with Gasteiger partial charge in [0.05, 0.1) is 5.92 Å². The maximum absolute atomic E-state index is 11.8. The SMILES string of the molecule is O=C(O)C1CCc2ccccc2C1C1CCC2(CCCC2)C1. The van der Waals surface area contributed by atoms with E-state index in [2.05, 4.69) is 24.3 Å². The predicted molar refractivity (Wildman–Crippen MR) is 86.9 cm³/mol. The smallest absolute Gasteiger partial charge is 0.307 e. The number of benzene rings is 1. The Balaban J connectivity index is 1.66. The maximum atomic E-state index is 11.8. The summed E-state index contributed by atoms with van der Waals surface area (Å²) in [7, 11) is 0. The molecule has 2 nitrogen and oxygen atoms in total. The number of hydrogen-bond acceptors (Lipinski definition) is 1. The molecule has 3 unspecified atom stereocenters. The summed E-state index contributed by atoms with van der Waals surface area (Å²) in [4.78, 5) is 11.8. The van der Waals surface area contributed by atoms with E-state index in [1.807, 2.05) is 0 Å². The Morgan fingerprint density at radius 1 is 1.09 bits per heavy atom. The second kappa shape index (κ2) is 5.40. The number of rotatable bonds is 2. The van der Waals surface area contributed by atoms with Gasteiger partial charge in [-0.2, -0.15) is 0 Å². The summed E-state index contributed by atoms with van der Waals surface area (Å²) in [5.41, 5.74) is 3.32. The quantitative estimate of drug-likeness (QED) is 0.853. The molecular formula is C20H26O2. The van der Waals surface area contributed by atoms with Crippen molar-refractivity contribution in [1.82, 2.24) is 0 Å². The Kier molecular flexibility index (Phi) is 3.51. The topological polar surface area (TPSA) is 37.3 Å². The van der Waals surface area contributed by atoms with E-state index >= 15 is 0 Å². The van der Waals surface area contributed by atoms with Crippen molar-refractivity contribution >= 4 is 5.97 Å². The van der Waals surface area contributed by atoms with Crippen molar-refractivity contribution in [3.8, 4) is 0 Å². The maximum Gasteiger partial charge on any atom is 0.307 e. The molecular weight excluding hydrogens is 272 g/mol. The third-order valence-electron chi connectivity index (χ3n) is 6.80. The van der Waals surface area contributed by atoms with Crippen LogP contribution in [0.1, 0.15) is 68.4 Å². The lowest BCUT2D eigenvalue weighted by molar-refractivity contribution is -0.143. The van der Waals surface area contributed by atoms with E-state index in [1.54, 1.807) is 0 Å². The van der Waals surface area contributed by atoms with E-state index in [1.165, 1.54) is 56.1 Å². The zero-order chi connectivity index (χ0) is 15.2. The van der Waals surface area contributed by atoms with Crippen LogP contribution in [0.2, 0.25) is 0 Å². The second-order valence-corrected chi connectivity index (χ2v) is 7.92. The summed E-state index contributed by atoms with van der Waals surface area (Å²) in [5, 5.41) is 9.75. The van der Waals surface area contributed by atoms with Gasteiger partial charge in [-0.05, 0) is 67.4 Å². The van der Waals surface area contributed by atoms with Crippen LogP contribution in [0.5, 0.6) is 0 Å². The van der Waals surface area contributed by atoms with E-state index in [0.717, 1.165) is 12.8 Å². The molecule has 3 aliphatic rings. The third-order valence-corrected chi connectivity index (χ3v) is 6.80. The van der Waals surface area contributed by atoms with Crippen molar-refractivity contribution in [3.05, 3.63) is 35.4 Å². The predicted octanol–water partition coefficient (Wildman–Crippen LogP) is 4.78. The highest BCUT2D eigenvalue weighted by molar-refractivity contribution is 5.72. The van der Waals surface area contributed by atoms with E-state index in [9.17, 15) is 9.90 Å². The summed E-state index contributed by atoms with van der Waals surface area (Å²) in [5.74, 6) is 0.0893. The van der Waals surface area contributed by atoms with Gasteiger partial charge in [-0.15, -0.1) is 0 Å². The molecule has 3 atom stereocenters. The first kappa shape index (κ1) is 14.3. The van der Waals surface area contributed by atoms with Crippen LogP contribution < -0.4 is 0 Å². The molecule has 2 heteroatoms. The largest absolute Gasteiger partial charge is 0.481 e. The number of carboxylic acid groups (broad SMARTS) is 1. The van der Waals surface area contributed by atoms with E-state index in [4.69, 9.17) is 0 Å². The van der Waals surface area contributed by atoms with Gasteiger partial charge in [-0.3, -0.25) is 4.79 Å². The first-order valence-electron chi connectivity index (χ1n) is 8.99. The van der Waals surface area contributed by atoms with Gasteiger partial charge in [0.2, 0.25) is 0 Å². The van der Waals surface area contributed by atoms with Crippen molar-refractivity contribution in [2.24, 2.45) is 17.3 Å². The molecule has 0 aromatic heterocycles. The Morgan fingerprint density at radius 3 is 2.64 bits per heavy atom. The molecule has 0 radical (unpaired) electrons. The summed E-state index contributed by atoms with van der Waals surface area (Å²) in [6, 6.07) is 8.61. The number of fused-ring (bicyclic) bond motifs is 1. The zero-order valence-electron chi connectivity index (χ0n) is 13.3. The fourth-order valence-electron chi connectivity index (χ4n) is 5.79. The lowest BCUT2D eigenvalue weighted by atomic mass is 9.68. The minimum Gasteiger partial charge on any atom is -0.481 e. The van der Waals surface area contributed by atoms with E-state index in [-0.39, 0.29) is 11.8 Å². The van der Waals surface area contributed by atoms with E-state index < -0.39 is 5.97 Å². The van der Waals surface area contributed by atoms with Crippen LogP contribution in [0.4, 0.5) is 0 Å². The van der Waals surface area contributed by atoms with Gasteiger partial charge in [0.1, 0.15) is 0 Å². The number of aliphatic carboxylic acids is 1. The first-order valence-corrected chi connectivity index (χ1v) is 8.99. The highest BCUT2D eigenvalue weighted by atomic mass is 16.4. The van der Waals surface area contributed by atoms with Crippen molar-refractivity contribution in [3.63, 3.8) is 0 Å². The van der Waals surface area contributed by atoms with Crippen LogP contribution in [0, 0.1) is 17.3 Å². The van der Waals surface area contributed by atoms with Crippen LogP contribution in [0.3, 0.4) is 0 Å². The molecule has 118 valence electrons. The zero-order valence-corrected chi connectivity index (χ0v) is 13.3. The molecule has 0 amide bonds. The Bertz CT molecular complexity index is 571. The average Bonchev–Trinajstić information content (AvgIpc) is 3.16. The molecule has 0 bridgehead atoms. The number of hydrogen-bond donors (Lipinski definition) is 1.